The van der Waals surface area contributed by atoms with Crippen LogP contribution in [-0.2, 0) is 0 Å². The highest BCUT2D eigenvalue weighted by atomic mass is 32.1. The van der Waals surface area contributed by atoms with Crippen molar-refractivity contribution in [1.29, 1.82) is 10.5 Å². The van der Waals surface area contributed by atoms with Crippen molar-refractivity contribution >= 4 is 21.6 Å². The van der Waals surface area contributed by atoms with E-state index in [0.29, 0.717) is 16.6 Å². The molecule has 0 aliphatic heterocycles. The highest BCUT2D eigenvalue weighted by Gasteiger charge is 2.10. The standard InChI is InChI=1S/C10H5N3S/c1-6-13-10-8(5-12)7(4-11)2-3-9(10)14-6/h2-3H,1H3. The van der Waals surface area contributed by atoms with Gasteiger partial charge in [0.25, 0.3) is 0 Å². The van der Waals surface area contributed by atoms with Crippen LogP contribution in [0.25, 0.3) is 10.2 Å². The predicted molar refractivity (Wildman–Crippen MR) is 53.8 cm³/mol. The minimum atomic E-state index is 0.384. The maximum Gasteiger partial charge on any atom is 0.103 e. The first-order valence-corrected chi connectivity index (χ1v) is 4.78. The molecule has 3 nitrogen and oxygen atoms in total. The molecule has 0 saturated carbocycles. The average molecular weight is 199 g/mol. The maximum absolute atomic E-state index is 8.92. The Morgan fingerprint density at radius 1 is 1.29 bits per heavy atom. The average Bonchev–Trinajstić information content (AvgIpc) is 2.56. The van der Waals surface area contributed by atoms with Crippen molar-refractivity contribution in [3.63, 3.8) is 0 Å². The van der Waals surface area contributed by atoms with Crippen molar-refractivity contribution in [2.24, 2.45) is 0 Å². The Morgan fingerprint density at radius 3 is 2.71 bits per heavy atom. The first kappa shape index (κ1) is 8.68. The lowest BCUT2D eigenvalue weighted by molar-refractivity contribution is 1.33. The molecule has 0 saturated heterocycles. The number of thiazole rings is 1. The Labute approximate surface area is 84.9 Å². The molecule has 0 fully saturated rings. The Kier molecular flexibility index (Phi) is 1.92. The molecule has 0 spiro atoms. The minimum absolute atomic E-state index is 0.384. The molecule has 0 atom stereocenters. The zero-order chi connectivity index (χ0) is 10.1. The number of nitriles is 2. The van der Waals surface area contributed by atoms with E-state index in [1.807, 2.05) is 25.1 Å². The summed E-state index contributed by atoms with van der Waals surface area (Å²) in [6.07, 6.45) is 0. The van der Waals surface area contributed by atoms with E-state index in [9.17, 15) is 0 Å². The largest absolute Gasteiger partial charge is 0.240 e. The fourth-order valence-electron chi connectivity index (χ4n) is 1.31. The summed E-state index contributed by atoms with van der Waals surface area (Å²) in [6, 6.07) is 7.51. The second kappa shape index (κ2) is 3.10. The highest BCUT2D eigenvalue weighted by Crippen LogP contribution is 2.26. The van der Waals surface area contributed by atoms with Crippen LogP contribution in [0.15, 0.2) is 12.1 Å². The molecule has 0 unspecified atom stereocenters. The summed E-state index contributed by atoms with van der Waals surface area (Å²) in [6.45, 7) is 1.89. The van der Waals surface area contributed by atoms with E-state index in [-0.39, 0.29) is 0 Å². The van der Waals surface area contributed by atoms with Gasteiger partial charge in [-0.3, -0.25) is 0 Å². The molecule has 0 aliphatic rings. The van der Waals surface area contributed by atoms with Gasteiger partial charge in [-0.15, -0.1) is 11.3 Å². The van der Waals surface area contributed by atoms with Crippen LogP contribution in [0.5, 0.6) is 0 Å². The van der Waals surface area contributed by atoms with Gasteiger partial charge in [0, 0.05) is 0 Å². The summed E-state index contributed by atoms with van der Waals surface area (Å²) in [5.74, 6) is 0. The fraction of sp³-hybridized carbons (Fsp3) is 0.100. The molecule has 0 amide bonds. The Bertz CT molecular complexity index is 584. The second-order valence-electron chi connectivity index (χ2n) is 2.79. The van der Waals surface area contributed by atoms with Gasteiger partial charge >= 0.3 is 0 Å². The molecule has 2 aromatic rings. The fourth-order valence-corrected chi connectivity index (χ4v) is 2.15. The third-order valence-corrected chi connectivity index (χ3v) is 2.84. The van der Waals surface area contributed by atoms with Gasteiger partial charge in [-0.1, -0.05) is 0 Å². The first-order chi connectivity index (χ1) is 6.76. The van der Waals surface area contributed by atoms with E-state index >= 15 is 0 Å². The Balaban J connectivity index is 2.93. The van der Waals surface area contributed by atoms with Gasteiger partial charge in [-0.25, -0.2) is 4.98 Å². The number of rotatable bonds is 0. The summed E-state index contributed by atoms with van der Waals surface area (Å²) in [4.78, 5) is 4.24. The van der Waals surface area contributed by atoms with Crippen molar-refractivity contribution < 1.29 is 0 Å². The SMILES string of the molecule is Cc1nc2c(C#N)c(C#N)ccc2s1. The van der Waals surface area contributed by atoms with Gasteiger partial charge < -0.3 is 0 Å². The Morgan fingerprint density at radius 2 is 2.07 bits per heavy atom. The smallest absolute Gasteiger partial charge is 0.103 e. The quantitative estimate of drug-likeness (QED) is 0.654. The van der Waals surface area contributed by atoms with Crippen molar-refractivity contribution in [2.45, 2.75) is 6.92 Å². The van der Waals surface area contributed by atoms with E-state index in [2.05, 4.69) is 4.98 Å². The summed E-state index contributed by atoms with van der Waals surface area (Å²) < 4.78 is 0.957. The molecule has 1 heterocycles. The highest BCUT2D eigenvalue weighted by molar-refractivity contribution is 7.18. The molecule has 0 aliphatic carbocycles. The van der Waals surface area contributed by atoms with Crippen molar-refractivity contribution in [3.8, 4) is 12.1 Å². The summed E-state index contributed by atoms with van der Waals surface area (Å²) >= 11 is 1.53. The van der Waals surface area contributed by atoms with Gasteiger partial charge in [0.2, 0.25) is 0 Å². The number of nitrogens with zero attached hydrogens (tertiary/aromatic N) is 3. The number of benzene rings is 1. The lowest BCUT2D eigenvalue weighted by Gasteiger charge is -1.93. The Hall–Kier alpha value is -1.91. The molecule has 1 aromatic heterocycles. The zero-order valence-corrected chi connectivity index (χ0v) is 8.22. The molecule has 0 N–H and O–H groups in total. The van der Waals surface area contributed by atoms with Crippen LogP contribution in [-0.4, -0.2) is 4.98 Å². The zero-order valence-electron chi connectivity index (χ0n) is 7.40. The molecule has 14 heavy (non-hydrogen) atoms. The monoisotopic (exact) mass is 199 g/mol. The molecule has 0 radical (unpaired) electrons. The van der Waals surface area contributed by atoms with Gasteiger partial charge in [-0.05, 0) is 19.1 Å². The number of fused-ring (bicyclic) bond motifs is 1. The third kappa shape index (κ3) is 1.14. The molecule has 4 heteroatoms. The molecular weight excluding hydrogens is 194 g/mol. The van der Waals surface area contributed by atoms with E-state index in [1.54, 1.807) is 6.07 Å². The van der Waals surface area contributed by atoms with Crippen LogP contribution in [0.3, 0.4) is 0 Å². The van der Waals surface area contributed by atoms with Crippen LogP contribution < -0.4 is 0 Å². The van der Waals surface area contributed by atoms with Gasteiger partial charge in [0.05, 0.1) is 20.8 Å². The minimum Gasteiger partial charge on any atom is -0.240 e. The molecular formula is C10H5N3S. The number of aromatic nitrogens is 1. The molecule has 66 valence electrons. The second-order valence-corrected chi connectivity index (χ2v) is 4.03. The van der Waals surface area contributed by atoms with Crippen LogP contribution in [0, 0.1) is 29.6 Å². The topological polar surface area (TPSA) is 60.5 Å². The van der Waals surface area contributed by atoms with Crippen molar-refractivity contribution in [2.75, 3.05) is 0 Å². The molecule has 2 rings (SSSR count). The van der Waals surface area contributed by atoms with Crippen LogP contribution in [0.4, 0.5) is 0 Å². The van der Waals surface area contributed by atoms with E-state index in [1.165, 1.54) is 11.3 Å². The normalized spacial score (nSPS) is 9.64. The predicted octanol–water partition coefficient (Wildman–Crippen LogP) is 2.35. The lowest BCUT2D eigenvalue weighted by Crippen LogP contribution is -1.84. The van der Waals surface area contributed by atoms with Crippen LogP contribution in [0.2, 0.25) is 0 Å². The maximum atomic E-state index is 8.92. The van der Waals surface area contributed by atoms with Crippen LogP contribution in [0.1, 0.15) is 16.1 Å². The van der Waals surface area contributed by atoms with Crippen LogP contribution >= 0.6 is 11.3 Å². The van der Waals surface area contributed by atoms with Crippen molar-refractivity contribution in [1.82, 2.24) is 4.98 Å². The summed E-state index contributed by atoms with van der Waals surface area (Å²) in [5, 5.41) is 18.6. The van der Waals surface area contributed by atoms with Gasteiger partial charge in [0.1, 0.15) is 17.7 Å². The van der Waals surface area contributed by atoms with E-state index in [4.69, 9.17) is 10.5 Å². The van der Waals surface area contributed by atoms with E-state index in [0.717, 1.165) is 9.71 Å². The lowest BCUT2D eigenvalue weighted by atomic mass is 10.1. The summed E-state index contributed by atoms with van der Waals surface area (Å²) in [7, 11) is 0. The van der Waals surface area contributed by atoms with Crippen molar-refractivity contribution in [3.05, 3.63) is 28.3 Å². The molecule has 1 aromatic carbocycles. The summed E-state index contributed by atoms with van der Waals surface area (Å²) in [5.41, 5.74) is 1.42. The van der Waals surface area contributed by atoms with E-state index < -0.39 is 0 Å². The third-order valence-electron chi connectivity index (χ3n) is 1.90. The first-order valence-electron chi connectivity index (χ1n) is 3.96. The van der Waals surface area contributed by atoms with Gasteiger partial charge in [0.15, 0.2) is 0 Å². The number of hydrogen-bond acceptors (Lipinski definition) is 4. The number of aryl methyl sites for hydroxylation is 1. The molecule has 0 bridgehead atoms. The van der Waals surface area contributed by atoms with Gasteiger partial charge in [-0.2, -0.15) is 10.5 Å². The number of hydrogen-bond donors (Lipinski definition) is 0.